The first-order valence-electron chi connectivity index (χ1n) is 6.43. The summed E-state index contributed by atoms with van der Waals surface area (Å²) in [6.07, 6.45) is 1.78. The fourth-order valence-electron chi connectivity index (χ4n) is 2.29. The lowest BCUT2D eigenvalue weighted by atomic mass is 10.1. The first-order valence-corrected chi connectivity index (χ1v) is 6.81. The number of hydrogen-bond donors (Lipinski definition) is 1. The van der Waals surface area contributed by atoms with Crippen molar-refractivity contribution < 1.29 is 4.39 Å². The van der Waals surface area contributed by atoms with Gasteiger partial charge in [-0.15, -0.1) is 0 Å². The van der Waals surface area contributed by atoms with Gasteiger partial charge in [0.25, 0.3) is 5.56 Å². The van der Waals surface area contributed by atoms with Crippen molar-refractivity contribution in [3.8, 4) is 0 Å². The van der Waals surface area contributed by atoms with Crippen LogP contribution in [0.1, 0.15) is 17.7 Å². The lowest BCUT2D eigenvalue weighted by Crippen LogP contribution is -2.27. The summed E-state index contributed by atoms with van der Waals surface area (Å²) in [5.41, 5.74) is 1.63. The van der Waals surface area contributed by atoms with E-state index in [-0.39, 0.29) is 17.7 Å². The topological polar surface area (TPSA) is 46.9 Å². The molecule has 104 valence electrons. The van der Waals surface area contributed by atoms with Crippen LogP contribution in [0, 0.1) is 5.82 Å². The monoisotopic (exact) mass is 293 g/mol. The van der Waals surface area contributed by atoms with Crippen LogP contribution in [0.25, 0.3) is 0 Å². The lowest BCUT2D eigenvalue weighted by molar-refractivity contribution is 0.562. The average molecular weight is 294 g/mol. The maximum absolute atomic E-state index is 13.8. The molecule has 0 amide bonds. The number of hydrogen-bond acceptors (Lipinski definition) is 3. The lowest BCUT2D eigenvalue weighted by Gasteiger charge is -2.18. The number of aromatic nitrogens is 2. The highest BCUT2D eigenvalue weighted by molar-refractivity contribution is 6.31. The molecule has 4 nitrogen and oxygen atoms in total. The molecule has 0 fully saturated rings. The molecule has 1 aromatic carbocycles. The Hall–Kier alpha value is -1.88. The minimum absolute atomic E-state index is 0.0393. The highest BCUT2D eigenvalue weighted by atomic mass is 35.5. The van der Waals surface area contributed by atoms with Crippen LogP contribution in [-0.2, 0) is 13.0 Å². The molecule has 0 aliphatic carbocycles. The van der Waals surface area contributed by atoms with E-state index >= 15 is 0 Å². The molecular formula is C14H13ClFN3O. The third-order valence-corrected chi connectivity index (χ3v) is 3.70. The summed E-state index contributed by atoms with van der Waals surface area (Å²) in [4.78, 5) is 12.0. The van der Waals surface area contributed by atoms with Crippen molar-refractivity contribution in [1.82, 2.24) is 9.78 Å². The predicted octanol–water partition coefficient (Wildman–Crippen LogP) is 2.44. The van der Waals surface area contributed by atoms with Gasteiger partial charge in [0.15, 0.2) is 0 Å². The maximum atomic E-state index is 13.8. The van der Waals surface area contributed by atoms with Crippen LogP contribution < -0.4 is 10.9 Å². The maximum Gasteiger partial charge on any atom is 0.269 e. The third-order valence-electron chi connectivity index (χ3n) is 3.35. The summed E-state index contributed by atoms with van der Waals surface area (Å²) in [5.74, 6) is -0.429. The first kappa shape index (κ1) is 13.1. The molecule has 3 rings (SSSR count). The van der Waals surface area contributed by atoms with Crippen LogP contribution in [0.3, 0.4) is 0 Å². The molecule has 0 atom stereocenters. The number of nitrogens with one attached hydrogen (secondary N) is 1. The van der Waals surface area contributed by atoms with Gasteiger partial charge in [0, 0.05) is 23.2 Å². The molecule has 0 saturated carbocycles. The Bertz CT molecular complexity index is 694. The summed E-state index contributed by atoms with van der Waals surface area (Å²) in [5, 5.41) is 7.75. The molecule has 1 aromatic heterocycles. The van der Waals surface area contributed by atoms with E-state index < -0.39 is 5.82 Å². The molecule has 0 unspecified atom stereocenters. The second kappa shape index (κ2) is 5.25. The van der Waals surface area contributed by atoms with Crippen LogP contribution in [0.2, 0.25) is 5.02 Å². The van der Waals surface area contributed by atoms with Gasteiger partial charge >= 0.3 is 0 Å². The number of anilines is 1. The Kier molecular flexibility index (Phi) is 3.44. The van der Waals surface area contributed by atoms with Gasteiger partial charge < -0.3 is 5.32 Å². The minimum Gasteiger partial charge on any atom is -0.383 e. The van der Waals surface area contributed by atoms with Crippen LogP contribution in [0.4, 0.5) is 10.1 Å². The van der Waals surface area contributed by atoms with Gasteiger partial charge in [-0.05, 0) is 25.0 Å². The smallest absolute Gasteiger partial charge is 0.269 e. The number of halogens is 2. The van der Waals surface area contributed by atoms with Gasteiger partial charge in [0.1, 0.15) is 5.82 Å². The number of nitrogens with zero attached hydrogens (tertiary/aromatic N) is 2. The van der Waals surface area contributed by atoms with Gasteiger partial charge in [-0.25, -0.2) is 9.07 Å². The summed E-state index contributed by atoms with van der Waals surface area (Å²) in [6, 6.07) is 5.97. The van der Waals surface area contributed by atoms with Crippen molar-refractivity contribution in [2.24, 2.45) is 0 Å². The molecule has 1 aliphatic rings. The number of benzene rings is 1. The largest absolute Gasteiger partial charge is 0.383 e. The van der Waals surface area contributed by atoms with Crippen molar-refractivity contribution in [2.45, 2.75) is 19.4 Å². The normalized spacial score (nSPS) is 13.7. The van der Waals surface area contributed by atoms with Crippen LogP contribution in [0.15, 0.2) is 29.1 Å². The standard InChI is InChI=1S/C14H13ClFN3O/c15-10-3-1-4-11(16)9(10)8-19-14(20)7-13-12(18-19)5-2-6-17-13/h1,3-4,7,17H,2,5-6,8H2. The second-order valence-electron chi connectivity index (χ2n) is 4.73. The zero-order valence-electron chi connectivity index (χ0n) is 10.7. The summed E-state index contributed by atoms with van der Waals surface area (Å²) < 4.78 is 15.0. The van der Waals surface area contributed by atoms with E-state index in [0.717, 1.165) is 30.8 Å². The molecule has 20 heavy (non-hydrogen) atoms. The summed E-state index contributed by atoms with van der Waals surface area (Å²) in [7, 11) is 0. The van der Waals surface area contributed by atoms with E-state index in [0.29, 0.717) is 5.02 Å². The van der Waals surface area contributed by atoms with Gasteiger partial charge in [-0.2, -0.15) is 5.10 Å². The molecule has 0 bridgehead atoms. The Morgan fingerprint density at radius 3 is 3.10 bits per heavy atom. The highest BCUT2D eigenvalue weighted by Crippen LogP contribution is 2.21. The highest BCUT2D eigenvalue weighted by Gasteiger charge is 2.14. The second-order valence-corrected chi connectivity index (χ2v) is 5.14. The molecule has 1 N–H and O–H groups in total. The van der Waals surface area contributed by atoms with Crippen molar-refractivity contribution >= 4 is 17.3 Å². The van der Waals surface area contributed by atoms with E-state index in [9.17, 15) is 9.18 Å². The third kappa shape index (κ3) is 2.41. The average Bonchev–Trinajstić information content (AvgIpc) is 2.43. The van der Waals surface area contributed by atoms with Crippen LogP contribution in [-0.4, -0.2) is 16.3 Å². The molecule has 0 saturated heterocycles. The van der Waals surface area contributed by atoms with E-state index in [4.69, 9.17) is 11.6 Å². The SMILES string of the molecule is O=c1cc2c(nn1Cc1c(F)cccc1Cl)CCCN2. The van der Waals surface area contributed by atoms with Crippen LogP contribution in [0.5, 0.6) is 0 Å². The number of rotatable bonds is 2. The Morgan fingerprint density at radius 2 is 2.30 bits per heavy atom. The zero-order chi connectivity index (χ0) is 14.1. The Morgan fingerprint density at radius 1 is 1.45 bits per heavy atom. The molecule has 2 aromatic rings. The van der Waals surface area contributed by atoms with Crippen LogP contribution >= 0.6 is 11.6 Å². The van der Waals surface area contributed by atoms with Crippen molar-refractivity contribution in [3.63, 3.8) is 0 Å². The zero-order valence-corrected chi connectivity index (χ0v) is 11.5. The van der Waals surface area contributed by atoms with E-state index in [1.165, 1.54) is 22.9 Å². The van der Waals surface area contributed by atoms with Crippen molar-refractivity contribution in [3.05, 3.63) is 56.7 Å². The quantitative estimate of drug-likeness (QED) is 0.925. The summed E-state index contributed by atoms with van der Waals surface area (Å²) in [6.45, 7) is 0.884. The van der Waals surface area contributed by atoms with Crippen molar-refractivity contribution in [2.75, 3.05) is 11.9 Å². The molecule has 0 spiro atoms. The van der Waals surface area contributed by atoms with Gasteiger partial charge in [0.2, 0.25) is 0 Å². The van der Waals surface area contributed by atoms with Gasteiger partial charge in [-0.3, -0.25) is 4.79 Å². The molecular weight excluding hydrogens is 281 g/mol. The predicted molar refractivity (Wildman–Crippen MR) is 75.8 cm³/mol. The summed E-state index contributed by atoms with van der Waals surface area (Å²) >= 11 is 5.98. The fourth-order valence-corrected chi connectivity index (χ4v) is 2.52. The molecule has 6 heteroatoms. The number of fused-ring (bicyclic) bond motifs is 1. The van der Waals surface area contributed by atoms with E-state index in [1.54, 1.807) is 6.07 Å². The van der Waals surface area contributed by atoms with Crippen molar-refractivity contribution in [1.29, 1.82) is 0 Å². The minimum atomic E-state index is -0.429. The molecule has 1 aliphatic heterocycles. The molecule has 0 radical (unpaired) electrons. The van der Waals surface area contributed by atoms with E-state index in [1.807, 2.05) is 0 Å². The fraction of sp³-hybridized carbons (Fsp3) is 0.286. The molecule has 2 heterocycles. The van der Waals surface area contributed by atoms with Gasteiger partial charge in [0.05, 0.1) is 17.9 Å². The van der Waals surface area contributed by atoms with Gasteiger partial charge in [-0.1, -0.05) is 17.7 Å². The first-order chi connectivity index (χ1) is 9.65. The Labute approximate surface area is 120 Å². The number of aryl methyl sites for hydroxylation is 1. The Balaban J connectivity index is 2.01. The van der Waals surface area contributed by atoms with E-state index in [2.05, 4.69) is 10.4 Å².